The minimum absolute atomic E-state index is 0.219. The maximum atomic E-state index is 12.9. The number of nitrogens with one attached hydrogen (secondary N) is 4. The maximum absolute atomic E-state index is 12.9. The molecule has 0 spiro atoms. The molecular formula is C27H44N4O5. The Morgan fingerprint density at radius 1 is 1.17 bits per heavy atom. The summed E-state index contributed by atoms with van der Waals surface area (Å²) in [7, 11) is 0. The van der Waals surface area contributed by atoms with Crippen LogP contribution in [0.1, 0.15) is 78.6 Å². The zero-order chi connectivity index (χ0) is 26.8. The molecule has 1 aliphatic heterocycles. The van der Waals surface area contributed by atoms with Crippen molar-refractivity contribution in [3.8, 4) is 0 Å². The Morgan fingerprint density at radius 2 is 1.92 bits per heavy atom. The summed E-state index contributed by atoms with van der Waals surface area (Å²) in [5, 5.41) is 20.8. The molecule has 9 heteroatoms. The molecule has 4 unspecified atom stereocenters. The van der Waals surface area contributed by atoms with Crippen molar-refractivity contribution < 1.29 is 24.3 Å². The molecule has 4 atom stereocenters. The predicted molar refractivity (Wildman–Crippen MR) is 141 cm³/mol. The lowest BCUT2D eigenvalue weighted by Gasteiger charge is -2.25. The molecule has 0 aromatic heterocycles. The van der Waals surface area contributed by atoms with Gasteiger partial charge in [-0.1, -0.05) is 56.9 Å². The van der Waals surface area contributed by atoms with Crippen molar-refractivity contribution in [2.24, 2.45) is 0 Å². The highest BCUT2D eigenvalue weighted by Crippen LogP contribution is 2.06. The summed E-state index contributed by atoms with van der Waals surface area (Å²) in [6.07, 6.45) is 17.0. The van der Waals surface area contributed by atoms with Crippen LogP contribution in [0, 0.1) is 0 Å². The summed E-state index contributed by atoms with van der Waals surface area (Å²) in [6.45, 7) is 5.77. The molecule has 1 heterocycles. The molecule has 0 saturated heterocycles. The van der Waals surface area contributed by atoms with Gasteiger partial charge in [-0.25, -0.2) is 0 Å². The number of rotatable bonds is 12. The van der Waals surface area contributed by atoms with Gasteiger partial charge in [-0.3, -0.25) is 19.2 Å². The maximum Gasteiger partial charge on any atom is 0.245 e. The standard InChI is InChI=1S/C27H44N4O5/c1-4-5-6-7-8-9-10-11-12-16-24(34)31-25(21(3)32)27(36)30-22-15-13-14-19-28-23(33)18-17-20(2)29-26(22)35/h10-12,16-18,20-22,25,32H,4-9,13-15,19H2,1-3H3,(H,28,33)(H,29,35)(H,30,36)(H,31,34)/b11-10+,16-12+,18-17+. The average molecular weight is 505 g/mol. The van der Waals surface area contributed by atoms with Crippen LogP contribution in [0.3, 0.4) is 0 Å². The highest BCUT2D eigenvalue weighted by atomic mass is 16.3. The van der Waals surface area contributed by atoms with Crippen LogP contribution < -0.4 is 21.3 Å². The number of carbonyl (C=O) groups is 4. The molecule has 9 nitrogen and oxygen atoms in total. The third-order valence-corrected chi connectivity index (χ3v) is 5.79. The van der Waals surface area contributed by atoms with E-state index < -0.39 is 42.0 Å². The lowest BCUT2D eigenvalue weighted by atomic mass is 10.1. The van der Waals surface area contributed by atoms with Crippen molar-refractivity contribution in [2.75, 3.05) is 6.54 Å². The Morgan fingerprint density at radius 3 is 2.64 bits per heavy atom. The van der Waals surface area contributed by atoms with Crippen LogP contribution in [0.2, 0.25) is 0 Å². The van der Waals surface area contributed by atoms with E-state index in [1.807, 2.05) is 6.08 Å². The van der Waals surface area contributed by atoms with Gasteiger partial charge in [-0.05, 0) is 46.0 Å². The van der Waals surface area contributed by atoms with Gasteiger partial charge in [0, 0.05) is 24.7 Å². The number of aliphatic hydroxyl groups is 1. The van der Waals surface area contributed by atoms with E-state index >= 15 is 0 Å². The van der Waals surface area contributed by atoms with Crippen molar-refractivity contribution in [1.82, 2.24) is 21.3 Å². The van der Waals surface area contributed by atoms with E-state index in [0.29, 0.717) is 25.8 Å². The summed E-state index contributed by atoms with van der Waals surface area (Å²) in [5.74, 6) is -1.76. The minimum Gasteiger partial charge on any atom is -0.391 e. The van der Waals surface area contributed by atoms with Gasteiger partial charge >= 0.3 is 0 Å². The largest absolute Gasteiger partial charge is 0.391 e. The fourth-order valence-electron chi connectivity index (χ4n) is 3.67. The van der Waals surface area contributed by atoms with Crippen molar-refractivity contribution in [3.63, 3.8) is 0 Å². The fourth-order valence-corrected chi connectivity index (χ4v) is 3.67. The molecule has 1 rings (SSSR count). The van der Waals surface area contributed by atoms with E-state index in [1.54, 1.807) is 25.2 Å². The topological polar surface area (TPSA) is 137 Å². The van der Waals surface area contributed by atoms with E-state index in [-0.39, 0.29) is 5.91 Å². The minimum atomic E-state index is -1.21. The van der Waals surface area contributed by atoms with Crippen LogP contribution in [0.15, 0.2) is 36.5 Å². The van der Waals surface area contributed by atoms with Gasteiger partial charge in [0.2, 0.25) is 23.6 Å². The number of unbranched alkanes of at least 4 members (excludes halogenated alkanes) is 5. The number of allylic oxidation sites excluding steroid dienone is 3. The van der Waals surface area contributed by atoms with Crippen LogP contribution in [-0.4, -0.2) is 59.5 Å². The van der Waals surface area contributed by atoms with E-state index in [1.165, 1.54) is 44.8 Å². The average Bonchev–Trinajstić information content (AvgIpc) is 2.83. The van der Waals surface area contributed by atoms with Crippen LogP contribution in [0.5, 0.6) is 0 Å². The van der Waals surface area contributed by atoms with Crippen LogP contribution in [-0.2, 0) is 19.2 Å². The zero-order valence-corrected chi connectivity index (χ0v) is 21.9. The fraction of sp³-hybridized carbons (Fsp3) is 0.630. The molecule has 0 radical (unpaired) electrons. The monoisotopic (exact) mass is 504 g/mol. The van der Waals surface area contributed by atoms with E-state index in [4.69, 9.17) is 0 Å². The number of hydrogen-bond acceptors (Lipinski definition) is 5. The first-order chi connectivity index (χ1) is 17.2. The van der Waals surface area contributed by atoms with E-state index in [0.717, 1.165) is 12.8 Å². The Hall–Kier alpha value is -2.94. The second-order valence-electron chi connectivity index (χ2n) is 9.22. The normalized spacial score (nSPS) is 22.1. The summed E-state index contributed by atoms with van der Waals surface area (Å²) in [4.78, 5) is 49.6. The highest BCUT2D eigenvalue weighted by Gasteiger charge is 2.29. The Bertz CT molecular complexity index is 791. The third kappa shape index (κ3) is 13.8. The van der Waals surface area contributed by atoms with Gasteiger partial charge in [0.15, 0.2) is 0 Å². The van der Waals surface area contributed by atoms with Gasteiger partial charge in [-0.15, -0.1) is 0 Å². The Kier molecular flexibility index (Phi) is 15.8. The molecule has 1 aliphatic rings. The van der Waals surface area contributed by atoms with Crippen LogP contribution in [0.4, 0.5) is 0 Å². The van der Waals surface area contributed by atoms with Crippen molar-refractivity contribution in [3.05, 3.63) is 36.5 Å². The molecule has 36 heavy (non-hydrogen) atoms. The lowest BCUT2D eigenvalue weighted by molar-refractivity contribution is -0.133. The lowest BCUT2D eigenvalue weighted by Crippen LogP contribution is -2.57. The van der Waals surface area contributed by atoms with Crippen molar-refractivity contribution >= 4 is 23.6 Å². The second-order valence-corrected chi connectivity index (χ2v) is 9.22. The molecule has 0 aromatic rings. The third-order valence-electron chi connectivity index (χ3n) is 5.79. The van der Waals surface area contributed by atoms with Crippen molar-refractivity contribution in [1.29, 1.82) is 0 Å². The van der Waals surface area contributed by atoms with Gasteiger partial charge in [0.1, 0.15) is 12.1 Å². The number of hydrogen-bond donors (Lipinski definition) is 5. The first kappa shape index (κ1) is 31.1. The number of amides is 4. The molecule has 0 aromatic carbocycles. The molecular weight excluding hydrogens is 460 g/mol. The number of aliphatic hydroxyl groups excluding tert-OH is 1. The summed E-state index contributed by atoms with van der Waals surface area (Å²) < 4.78 is 0. The highest BCUT2D eigenvalue weighted by molar-refractivity contribution is 5.95. The van der Waals surface area contributed by atoms with Gasteiger partial charge < -0.3 is 26.4 Å². The second kappa shape index (κ2) is 18.3. The summed E-state index contributed by atoms with van der Waals surface area (Å²) in [5.41, 5.74) is 0. The zero-order valence-electron chi connectivity index (χ0n) is 21.9. The Labute approximate surface area is 215 Å². The van der Waals surface area contributed by atoms with Crippen LogP contribution >= 0.6 is 0 Å². The predicted octanol–water partition coefficient (Wildman–Crippen LogP) is 2.17. The quantitative estimate of drug-likeness (QED) is 0.158. The first-order valence-corrected chi connectivity index (χ1v) is 13.1. The molecule has 202 valence electrons. The SMILES string of the molecule is CCCCCCC/C=C/C=C/C(=O)NC(C(=O)NC1CCCCNC(=O)/C=C/C(C)NC1=O)C(C)O. The molecule has 0 fully saturated rings. The molecule has 4 amide bonds. The van der Waals surface area contributed by atoms with Gasteiger partial charge in [0.25, 0.3) is 0 Å². The van der Waals surface area contributed by atoms with Gasteiger partial charge in [-0.2, -0.15) is 0 Å². The van der Waals surface area contributed by atoms with Crippen LogP contribution in [0.25, 0.3) is 0 Å². The molecule has 0 aliphatic carbocycles. The first-order valence-electron chi connectivity index (χ1n) is 13.1. The van der Waals surface area contributed by atoms with Gasteiger partial charge in [0.05, 0.1) is 6.10 Å². The molecule has 0 saturated carbocycles. The van der Waals surface area contributed by atoms with Crippen molar-refractivity contribution in [2.45, 2.75) is 103 Å². The Balaban J connectivity index is 2.66. The van der Waals surface area contributed by atoms with E-state index in [9.17, 15) is 24.3 Å². The number of carbonyl (C=O) groups excluding carboxylic acids is 4. The summed E-state index contributed by atoms with van der Waals surface area (Å²) >= 11 is 0. The van der Waals surface area contributed by atoms with E-state index in [2.05, 4.69) is 28.2 Å². The summed E-state index contributed by atoms with van der Waals surface area (Å²) in [6, 6.07) is -2.46. The molecule has 0 bridgehead atoms. The molecule has 5 N–H and O–H groups in total. The smallest absolute Gasteiger partial charge is 0.245 e.